The summed E-state index contributed by atoms with van der Waals surface area (Å²) >= 11 is 1.85. The summed E-state index contributed by atoms with van der Waals surface area (Å²) in [4.78, 5) is 10.4. The van der Waals surface area contributed by atoms with Gasteiger partial charge in [-0.25, -0.2) is 0 Å². The van der Waals surface area contributed by atoms with E-state index in [2.05, 4.69) is 32.3 Å². The molecule has 0 saturated carbocycles. The Labute approximate surface area is 123 Å². The second-order valence-corrected chi connectivity index (χ2v) is 6.12. The second-order valence-electron chi connectivity index (χ2n) is 5.09. The van der Waals surface area contributed by atoms with Crippen LogP contribution in [0.25, 0.3) is 0 Å². The van der Waals surface area contributed by atoms with Crippen LogP contribution in [-0.2, 0) is 6.42 Å². The molecular weight excluding hydrogens is 268 g/mol. The lowest BCUT2D eigenvalue weighted by Crippen LogP contribution is -2.47. The van der Waals surface area contributed by atoms with Crippen molar-refractivity contribution in [2.45, 2.75) is 6.42 Å². The summed E-state index contributed by atoms with van der Waals surface area (Å²) in [5, 5.41) is 2.15. The molecule has 106 valence electrons. The number of nitrogen functional groups attached to an aromatic ring is 1. The van der Waals surface area contributed by atoms with Gasteiger partial charge in [0.05, 0.1) is 17.6 Å². The average Bonchev–Trinajstić information content (AvgIpc) is 3.00. The highest BCUT2D eigenvalue weighted by Gasteiger charge is 2.18. The standard InChI is InChI=1S/C15H20N4S/c16-14-12-17-5-3-15(14)19-9-7-18(8-10-19)6-4-13-2-1-11-20-13/h1-3,5,11-12H,4,6-10,16H2. The molecule has 1 saturated heterocycles. The number of hydrogen-bond donors (Lipinski definition) is 1. The number of nitrogens with zero attached hydrogens (tertiary/aromatic N) is 3. The first-order valence-corrected chi connectivity index (χ1v) is 7.90. The van der Waals surface area contributed by atoms with Crippen molar-refractivity contribution >= 4 is 22.7 Å². The van der Waals surface area contributed by atoms with Crippen molar-refractivity contribution in [1.29, 1.82) is 0 Å². The molecule has 0 spiro atoms. The summed E-state index contributed by atoms with van der Waals surface area (Å²) in [6, 6.07) is 6.36. The molecule has 4 nitrogen and oxygen atoms in total. The van der Waals surface area contributed by atoms with Crippen molar-refractivity contribution in [2.24, 2.45) is 0 Å². The molecule has 20 heavy (non-hydrogen) atoms. The second kappa shape index (κ2) is 6.24. The fourth-order valence-corrected chi connectivity index (χ4v) is 3.32. The number of hydrogen-bond acceptors (Lipinski definition) is 5. The zero-order chi connectivity index (χ0) is 13.8. The van der Waals surface area contributed by atoms with Crippen molar-refractivity contribution in [3.05, 3.63) is 40.8 Å². The molecule has 1 aliphatic rings. The highest BCUT2D eigenvalue weighted by atomic mass is 32.1. The lowest BCUT2D eigenvalue weighted by molar-refractivity contribution is 0.261. The van der Waals surface area contributed by atoms with Gasteiger partial charge in [0.1, 0.15) is 0 Å². The normalized spacial score (nSPS) is 16.5. The van der Waals surface area contributed by atoms with Crippen LogP contribution in [0.4, 0.5) is 11.4 Å². The Bertz CT molecular complexity index is 533. The summed E-state index contributed by atoms with van der Waals surface area (Å²) < 4.78 is 0. The van der Waals surface area contributed by atoms with Crippen molar-refractivity contribution in [3.8, 4) is 0 Å². The first kappa shape index (κ1) is 13.4. The summed E-state index contributed by atoms with van der Waals surface area (Å²) in [7, 11) is 0. The SMILES string of the molecule is Nc1cnccc1N1CCN(CCc2cccs2)CC1. The number of anilines is 2. The quantitative estimate of drug-likeness (QED) is 0.936. The lowest BCUT2D eigenvalue weighted by atomic mass is 10.2. The Morgan fingerprint density at radius 2 is 2.05 bits per heavy atom. The van der Waals surface area contributed by atoms with E-state index in [0.717, 1.165) is 50.5 Å². The first-order chi connectivity index (χ1) is 9.83. The topological polar surface area (TPSA) is 45.4 Å². The molecule has 2 aromatic rings. The third kappa shape index (κ3) is 3.11. The van der Waals surface area contributed by atoms with Crippen LogP contribution in [0, 0.1) is 0 Å². The van der Waals surface area contributed by atoms with Gasteiger partial charge in [-0.3, -0.25) is 9.88 Å². The molecule has 0 aromatic carbocycles. The molecule has 1 aliphatic heterocycles. The Kier molecular flexibility index (Phi) is 4.18. The molecule has 0 unspecified atom stereocenters. The maximum Gasteiger partial charge on any atom is 0.0738 e. The van der Waals surface area contributed by atoms with E-state index in [-0.39, 0.29) is 0 Å². The summed E-state index contributed by atoms with van der Waals surface area (Å²) in [6.45, 7) is 5.44. The molecule has 2 aromatic heterocycles. The molecule has 1 fully saturated rings. The van der Waals surface area contributed by atoms with Gasteiger partial charge in [-0.15, -0.1) is 11.3 Å². The van der Waals surface area contributed by atoms with Gasteiger partial charge in [0.25, 0.3) is 0 Å². The molecule has 2 N–H and O–H groups in total. The van der Waals surface area contributed by atoms with E-state index < -0.39 is 0 Å². The number of aromatic nitrogens is 1. The average molecular weight is 288 g/mol. The largest absolute Gasteiger partial charge is 0.396 e. The van der Waals surface area contributed by atoms with E-state index in [1.165, 1.54) is 4.88 Å². The number of nitrogens with two attached hydrogens (primary N) is 1. The van der Waals surface area contributed by atoms with Crippen LogP contribution < -0.4 is 10.6 Å². The van der Waals surface area contributed by atoms with E-state index in [4.69, 9.17) is 5.73 Å². The zero-order valence-electron chi connectivity index (χ0n) is 11.5. The molecule has 3 heterocycles. The minimum Gasteiger partial charge on any atom is -0.396 e. The van der Waals surface area contributed by atoms with E-state index in [1.54, 1.807) is 6.20 Å². The van der Waals surface area contributed by atoms with Crippen molar-refractivity contribution in [1.82, 2.24) is 9.88 Å². The highest BCUT2D eigenvalue weighted by Crippen LogP contribution is 2.22. The van der Waals surface area contributed by atoms with E-state index >= 15 is 0 Å². The first-order valence-electron chi connectivity index (χ1n) is 7.02. The fraction of sp³-hybridized carbons (Fsp3) is 0.400. The van der Waals surface area contributed by atoms with Crippen LogP contribution in [0.2, 0.25) is 0 Å². The lowest BCUT2D eigenvalue weighted by Gasteiger charge is -2.36. The molecule has 3 rings (SSSR count). The molecular formula is C15H20N4S. The maximum absolute atomic E-state index is 5.99. The van der Waals surface area contributed by atoms with Gasteiger partial charge in [-0.05, 0) is 23.9 Å². The molecule has 0 bridgehead atoms. The summed E-state index contributed by atoms with van der Waals surface area (Å²) in [5.74, 6) is 0. The third-order valence-corrected chi connectivity index (χ3v) is 4.73. The molecule has 5 heteroatoms. The van der Waals surface area contributed by atoms with Gasteiger partial charge >= 0.3 is 0 Å². The van der Waals surface area contributed by atoms with Crippen LogP contribution in [-0.4, -0.2) is 42.6 Å². The Morgan fingerprint density at radius 1 is 1.20 bits per heavy atom. The van der Waals surface area contributed by atoms with E-state index in [1.807, 2.05) is 23.6 Å². The Hall–Kier alpha value is -1.59. The van der Waals surface area contributed by atoms with Gasteiger partial charge in [0.2, 0.25) is 0 Å². The predicted molar refractivity (Wildman–Crippen MR) is 85.3 cm³/mol. The van der Waals surface area contributed by atoms with E-state index in [9.17, 15) is 0 Å². The molecule has 0 atom stereocenters. The van der Waals surface area contributed by atoms with Crippen LogP contribution in [0.15, 0.2) is 36.0 Å². The number of thiophene rings is 1. The predicted octanol–water partition coefficient (Wildman–Crippen LogP) is 2.09. The van der Waals surface area contributed by atoms with Gasteiger partial charge in [-0.1, -0.05) is 6.07 Å². The van der Waals surface area contributed by atoms with Gasteiger partial charge in [0, 0.05) is 43.8 Å². The maximum atomic E-state index is 5.99. The number of rotatable bonds is 4. The smallest absolute Gasteiger partial charge is 0.0738 e. The number of piperazine rings is 1. The molecule has 0 aliphatic carbocycles. The van der Waals surface area contributed by atoms with Gasteiger partial charge in [0.15, 0.2) is 0 Å². The summed E-state index contributed by atoms with van der Waals surface area (Å²) in [5.41, 5.74) is 7.89. The third-order valence-electron chi connectivity index (χ3n) is 3.80. The fourth-order valence-electron chi connectivity index (χ4n) is 2.62. The minimum absolute atomic E-state index is 0.777. The Morgan fingerprint density at radius 3 is 2.75 bits per heavy atom. The number of pyridine rings is 1. The zero-order valence-corrected chi connectivity index (χ0v) is 12.4. The van der Waals surface area contributed by atoms with E-state index in [0.29, 0.717) is 0 Å². The van der Waals surface area contributed by atoms with Crippen molar-refractivity contribution in [3.63, 3.8) is 0 Å². The molecule has 0 amide bonds. The minimum atomic E-state index is 0.777. The van der Waals surface area contributed by atoms with Crippen LogP contribution >= 0.6 is 11.3 Å². The van der Waals surface area contributed by atoms with Gasteiger partial charge in [-0.2, -0.15) is 0 Å². The van der Waals surface area contributed by atoms with Gasteiger partial charge < -0.3 is 10.6 Å². The highest BCUT2D eigenvalue weighted by molar-refractivity contribution is 7.09. The monoisotopic (exact) mass is 288 g/mol. The van der Waals surface area contributed by atoms with Crippen LogP contribution in [0.1, 0.15) is 4.88 Å². The van der Waals surface area contributed by atoms with Crippen molar-refractivity contribution in [2.75, 3.05) is 43.4 Å². The van der Waals surface area contributed by atoms with Crippen LogP contribution in [0.3, 0.4) is 0 Å². The van der Waals surface area contributed by atoms with Crippen molar-refractivity contribution < 1.29 is 0 Å². The summed E-state index contributed by atoms with van der Waals surface area (Å²) in [6.07, 6.45) is 4.71. The molecule has 0 radical (unpaired) electrons. The van der Waals surface area contributed by atoms with Crippen LogP contribution in [0.5, 0.6) is 0 Å². The Balaban J connectivity index is 1.51.